The topological polar surface area (TPSA) is 67.2 Å². The van der Waals surface area contributed by atoms with Gasteiger partial charge in [-0.2, -0.15) is 5.10 Å². The molecule has 0 fully saturated rings. The summed E-state index contributed by atoms with van der Waals surface area (Å²) < 4.78 is 1.57. The molecule has 0 bridgehead atoms. The second kappa shape index (κ2) is 7.77. The minimum Gasteiger partial charge on any atom is -0.334 e. The molecule has 2 rings (SSSR count). The van der Waals surface area contributed by atoms with E-state index in [0.29, 0.717) is 5.69 Å². The molecule has 2 aromatic rings. The Kier molecular flexibility index (Phi) is 5.73. The van der Waals surface area contributed by atoms with Crippen LogP contribution in [0.15, 0.2) is 36.7 Å². The number of amides is 2. The van der Waals surface area contributed by atoms with E-state index < -0.39 is 11.8 Å². The van der Waals surface area contributed by atoms with Gasteiger partial charge in [0.15, 0.2) is 0 Å². The summed E-state index contributed by atoms with van der Waals surface area (Å²) in [6.07, 6.45) is 4.65. The molecule has 0 spiro atoms. The highest BCUT2D eigenvalue weighted by Crippen LogP contribution is 2.13. The van der Waals surface area contributed by atoms with E-state index in [2.05, 4.69) is 34.7 Å². The summed E-state index contributed by atoms with van der Waals surface area (Å²) in [4.78, 5) is 26.0. The van der Waals surface area contributed by atoms with Crippen LogP contribution in [0.25, 0.3) is 0 Å². The zero-order valence-corrected chi connectivity index (χ0v) is 14.6. The van der Waals surface area contributed by atoms with Gasteiger partial charge in [-0.05, 0) is 25.3 Å². The van der Waals surface area contributed by atoms with Crippen molar-refractivity contribution < 1.29 is 9.59 Å². The Morgan fingerprint density at radius 1 is 1.29 bits per heavy atom. The molecule has 0 saturated carbocycles. The van der Waals surface area contributed by atoms with E-state index in [1.807, 2.05) is 13.8 Å². The largest absolute Gasteiger partial charge is 0.334 e. The molecule has 0 aliphatic rings. The molecule has 1 unspecified atom stereocenters. The lowest BCUT2D eigenvalue weighted by atomic mass is 10.0. The van der Waals surface area contributed by atoms with Crippen LogP contribution in [0, 0.1) is 6.92 Å². The third kappa shape index (κ3) is 4.44. The Hall–Kier alpha value is -2.63. The number of benzene rings is 1. The van der Waals surface area contributed by atoms with Crippen molar-refractivity contribution in [2.24, 2.45) is 7.05 Å². The third-order valence-corrected chi connectivity index (χ3v) is 4.09. The monoisotopic (exact) mass is 328 g/mol. The van der Waals surface area contributed by atoms with Crippen molar-refractivity contribution in [1.29, 1.82) is 0 Å². The van der Waals surface area contributed by atoms with Crippen molar-refractivity contribution in [3.8, 4) is 0 Å². The number of nitrogens with one attached hydrogen (secondary N) is 1. The molecule has 2 amide bonds. The summed E-state index contributed by atoms with van der Waals surface area (Å²) in [5.74, 6) is -1.19. The molecule has 1 heterocycles. The number of hydrogen-bond acceptors (Lipinski definition) is 3. The molecule has 128 valence electrons. The third-order valence-electron chi connectivity index (χ3n) is 4.09. The van der Waals surface area contributed by atoms with Crippen molar-refractivity contribution in [3.63, 3.8) is 0 Å². The minimum atomic E-state index is -0.646. The van der Waals surface area contributed by atoms with Gasteiger partial charge in [-0.3, -0.25) is 14.3 Å². The molecule has 1 aromatic heterocycles. The van der Waals surface area contributed by atoms with Crippen LogP contribution in [0.2, 0.25) is 0 Å². The maximum Gasteiger partial charge on any atom is 0.313 e. The summed E-state index contributed by atoms with van der Waals surface area (Å²) in [7, 11) is 3.42. The fourth-order valence-electron chi connectivity index (χ4n) is 2.55. The van der Waals surface area contributed by atoms with Crippen LogP contribution in [-0.2, 0) is 23.1 Å². The number of likely N-dealkylation sites (N-methyl/N-ethyl adjacent to an activating group) is 1. The van der Waals surface area contributed by atoms with Gasteiger partial charge in [0.25, 0.3) is 0 Å². The number of anilines is 1. The lowest BCUT2D eigenvalue weighted by molar-refractivity contribution is -0.143. The molecular weight excluding hydrogens is 304 g/mol. The predicted octanol–water partition coefficient (Wildman–Crippen LogP) is 2.15. The molecule has 1 aromatic carbocycles. The standard InChI is InChI=1S/C18H24N4O2/c1-5-16(10-14-8-6-13(2)7-9-14)22(4)18(24)17(23)20-15-11-19-21(3)12-15/h6-9,11-12,16H,5,10H2,1-4H3,(H,20,23). The van der Waals surface area contributed by atoms with E-state index in [-0.39, 0.29) is 6.04 Å². The number of hydrogen-bond donors (Lipinski definition) is 1. The van der Waals surface area contributed by atoms with Gasteiger partial charge >= 0.3 is 11.8 Å². The molecule has 6 heteroatoms. The van der Waals surface area contributed by atoms with Crippen molar-refractivity contribution in [2.75, 3.05) is 12.4 Å². The van der Waals surface area contributed by atoms with Gasteiger partial charge in [-0.25, -0.2) is 0 Å². The normalized spacial score (nSPS) is 11.8. The molecule has 6 nitrogen and oxygen atoms in total. The van der Waals surface area contributed by atoms with E-state index in [1.165, 1.54) is 16.7 Å². The van der Waals surface area contributed by atoms with Crippen LogP contribution >= 0.6 is 0 Å². The molecular formula is C18H24N4O2. The smallest absolute Gasteiger partial charge is 0.313 e. The van der Waals surface area contributed by atoms with Crippen LogP contribution < -0.4 is 5.32 Å². The van der Waals surface area contributed by atoms with Crippen LogP contribution in [0.3, 0.4) is 0 Å². The second-order valence-corrected chi connectivity index (χ2v) is 6.02. The fraction of sp³-hybridized carbons (Fsp3) is 0.389. The van der Waals surface area contributed by atoms with Gasteiger partial charge in [-0.15, -0.1) is 0 Å². The molecule has 1 N–H and O–H groups in total. The lowest BCUT2D eigenvalue weighted by Gasteiger charge is -2.27. The van der Waals surface area contributed by atoms with Gasteiger partial charge in [0.2, 0.25) is 0 Å². The van der Waals surface area contributed by atoms with Crippen molar-refractivity contribution >= 4 is 17.5 Å². The average molecular weight is 328 g/mol. The average Bonchev–Trinajstić information content (AvgIpc) is 2.97. The Morgan fingerprint density at radius 2 is 1.96 bits per heavy atom. The summed E-state index contributed by atoms with van der Waals surface area (Å²) >= 11 is 0. The number of aryl methyl sites for hydroxylation is 2. The molecule has 0 radical (unpaired) electrons. The predicted molar refractivity (Wildman–Crippen MR) is 93.6 cm³/mol. The lowest BCUT2D eigenvalue weighted by Crippen LogP contribution is -2.44. The van der Waals surface area contributed by atoms with Crippen LogP contribution in [0.1, 0.15) is 24.5 Å². The van der Waals surface area contributed by atoms with Crippen molar-refractivity contribution in [1.82, 2.24) is 14.7 Å². The summed E-state index contributed by atoms with van der Waals surface area (Å²) in [6.45, 7) is 4.06. The van der Waals surface area contributed by atoms with E-state index in [9.17, 15) is 9.59 Å². The van der Waals surface area contributed by atoms with E-state index in [0.717, 1.165) is 18.4 Å². The molecule has 0 aliphatic heterocycles. The molecule has 0 aliphatic carbocycles. The van der Waals surface area contributed by atoms with E-state index in [1.54, 1.807) is 25.0 Å². The Balaban J connectivity index is 2.00. The van der Waals surface area contributed by atoms with Gasteiger partial charge in [0.05, 0.1) is 11.9 Å². The number of nitrogens with zero attached hydrogens (tertiary/aromatic N) is 3. The van der Waals surface area contributed by atoms with Gasteiger partial charge in [-0.1, -0.05) is 36.8 Å². The Bertz CT molecular complexity index is 706. The molecule has 1 atom stereocenters. The zero-order chi connectivity index (χ0) is 17.7. The summed E-state index contributed by atoms with van der Waals surface area (Å²) in [5.41, 5.74) is 2.86. The first-order valence-corrected chi connectivity index (χ1v) is 8.03. The maximum atomic E-state index is 12.4. The number of rotatable bonds is 5. The second-order valence-electron chi connectivity index (χ2n) is 6.02. The van der Waals surface area contributed by atoms with Crippen LogP contribution in [0.5, 0.6) is 0 Å². The first kappa shape index (κ1) is 17.7. The van der Waals surface area contributed by atoms with Crippen LogP contribution in [-0.4, -0.2) is 39.6 Å². The first-order valence-electron chi connectivity index (χ1n) is 8.03. The van der Waals surface area contributed by atoms with Gasteiger partial charge < -0.3 is 10.2 Å². The Labute approximate surface area is 142 Å². The van der Waals surface area contributed by atoms with Crippen molar-refractivity contribution in [2.45, 2.75) is 32.7 Å². The SMILES string of the molecule is CCC(Cc1ccc(C)cc1)N(C)C(=O)C(=O)Nc1cnn(C)c1. The highest BCUT2D eigenvalue weighted by atomic mass is 16.2. The summed E-state index contributed by atoms with van der Waals surface area (Å²) in [6, 6.07) is 8.20. The van der Waals surface area contributed by atoms with Crippen LogP contribution in [0.4, 0.5) is 5.69 Å². The van der Waals surface area contributed by atoms with E-state index in [4.69, 9.17) is 0 Å². The highest BCUT2D eigenvalue weighted by Gasteiger charge is 2.25. The highest BCUT2D eigenvalue weighted by molar-refractivity contribution is 6.39. The number of aromatic nitrogens is 2. The molecule has 0 saturated heterocycles. The van der Waals surface area contributed by atoms with E-state index >= 15 is 0 Å². The number of carbonyl (C=O) groups excluding carboxylic acids is 2. The van der Waals surface area contributed by atoms with Gasteiger partial charge in [0, 0.05) is 26.3 Å². The fourth-order valence-corrected chi connectivity index (χ4v) is 2.55. The molecule has 24 heavy (non-hydrogen) atoms. The quantitative estimate of drug-likeness (QED) is 0.855. The van der Waals surface area contributed by atoms with Crippen molar-refractivity contribution in [3.05, 3.63) is 47.8 Å². The zero-order valence-electron chi connectivity index (χ0n) is 14.6. The van der Waals surface area contributed by atoms with Gasteiger partial charge in [0.1, 0.15) is 0 Å². The minimum absolute atomic E-state index is 0.0279. The summed E-state index contributed by atoms with van der Waals surface area (Å²) in [5, 5.41) is 6.55. The Morgan fingerprint density at radius 3 is 2.50 bits per heavy atom. The number of carbonyl (C=O) groups is 2. The maximum absolute atomic E-state index is 12.4. The first-order chi connectivity index (χ1) is 11.4.